The largest absolute Gasteiger partial charge is 0.330 e. The number of carbonyl (C=O) groups excluding carboxylic acids is 2. The minimum atomic E-state index is -0.0552. The summed E-state index contributed by atoms with van der Waals surface area (Å²) in [5, 5.41) is 2.86. The van der Waals surface area contributed by atoms with Crippen LogP contribution >= 0.6 is 0 Å². The van der Waals surface area contributed by atoms with Crippen LogP contribution in [-0.2, 0) is 24.3 Å². The van der Waals surface area contributed by atoms with Crippen molar-refractivity contribution < 1.29 is 9.59 Å². The SMILES string of the molecule is O=C1CCc2cc(C(=O)N(Cc3ccncc3)Cc3cccnc3)ccc2N1. The molecule has 1 aliphatic heterocycles. The molecule has 4 rings (SSSR count). The minimum Gasteiger partial charge on any atom is -0.330 e. The van der Waals surface area contributed by atoms with Crippen molar-refractivity contribution in [1.82, 2.24) is 14.9 Å². The van der Waals surface area contributed by atoms with Crippen LogP contribution in [0, 0.1) is 0 Å². The van der Waals surface area contributed by atoms with E-state index in [-0.39, 0.29) is 11.8 Å². The molecule has 6 heteroatoms. The average molecular weight is 372 g/mol. The number of hydrogen-bond acceptors (Lipinski definition) is 4. The lowest BCUT2D eigenvalue weighted by atomic mass is 9.99. The van der Waals surface area contributed by atoms with Gasteiger partial charge in [-0.1, -0.05) is 6.07 Å². The zero-order valence-corrected chi connectivity index (χ0v) is 15.3. The molecule has 0 aliphatic carbocycles. The molecule has 0 spiro atoms. The van der Waals surface area contributed by atoms with Crippen molar-refractivity contribution in [3.05, 3.63) is 89.5 Å². The summed E-state index contributed by atoms with van der Waals surface area (Å²) in [6, 6.07) is 13.1. The van der Waals surface area contributed by atoms with Gasteiger partial charge in [-0.2, -0.15) is 0 Å². The number of carbonyl (C=O) groups is 2. The molecule has 0 fully saturated rings. The highest BCUT2D eigenvalue weighted by atomic mass is 16.2. The normalized spacial score (nSPS) is 12.8. The molecule has 0 unspecified atom stereocenters. The highest BCUT2D eigenvalue weighted by Crippen LogP contribution is 2.25. The molecule has 1 N–H and O–H groups in total. The van der Waals surface area contributed by atoms with Crippen LogP contribution in [0.5, 0.6) is 0 Å². The molecule has 0 saturated heterocycles. The van der Waals surface area contributed by atoms with Gasteiger partial charge in [0, 0.05) is 55.5 Å². The highest BCUT2D eigenvalue weighted by Gasteiger charge is 2.20. The van der Waals surface area contributed by atoms with Gasteiger partial charge in [0.05, 0.1) is 0 Å². The number of nitrogens with one attached hydrogen (secondary N) is 1. The molecule has 28 heavy (non-hydrogen) atoms. The number of rotatable bonds is 5. The number of amides is 2. The maximum atomic E-state index is 13.3. The topological polar surface area (TPSA) is 75.2 Å². The van der Waals surface area contributed by atoms with Gasteiger partial charge in [-0.3, -0.25) is 19.6 Å². The van der Waals surface area contributed by atoms with Crippen LogP contribution in [-0.4, -0.2) is 26.7 Å². The zero-order chi connectivity index (χ0) is 19.3. The van der Waals surface area contributed by atoms with Crippen molar-refractivity contribution in [3.63, 3.8) is 0 Å². The smallest absolute Gasteiger partial charge is 0.254 e. The highest BCUT2D eigenvalue weighted by molar-refractivity contribution is 5.98. The Balaban J connectivity index is 1.61. The van der Waals surface area contributed by atoms with Gasteiger partial charge in [0.2, 0.25) is 5.91 Å². The Bertz CT molecular complexity index is 948. The fraction of sp³-hybridized carbons (Fsp3) is 0.182. The number of fused-ring (bicyclic) bond motifs is 1. The van der Waals surface area contributed by atoms with E-state index < -0.39 is 0 Å². The second-order valence-electron chi connectivity index (χ2n) is 6.80. The molecule has 0 radical (unpaired) electrons. The molecule has 3 heterocycles. The third-order valence-corrected chi connectivity index (χ3v) is 4.75. The number of pyridine rings is 2. The summed E-state index contributed by atoms with van der Waals surface area (Å²) in [5.41, 5.74) is 4.39. The molecule has 2 aromatic heterocycles. The van der Waals surface area contributed by atoms with Crippen molar-refractivity contribution in [2.24, 2.45) is 0 Å². The van der Waals surface area contributed by atoms with E-state index in [1.54, 1.807) is 35.8 Å². The van der Waals surface area contributed by atoms with Gasteiger partial charge in [-0.25, -0.2) is 0 Å². The fourth-order valence-electron chi connectivity index (χ4n) is 3.32. The number of aromatic nitrogens is 2. The predicted octanol–water partition coefficient (Wildman–Crippen LogP) is 3.20. The molecule has 140 valence electrons. The first-order chi connectivity index (χ1) is 13.7. The van der Waals surface area contributed by atoms with Gasteiger partial charge < -0.3 is 10.2 Å². The molecular weight excluding hydrogens is 352 g/mol. The second-order valence-corrected chi connectivity index (χ2v) is 6.80. The lowest BCUT2D eigenvalue weighted by Gasteiger charge is -2.24. The van der Waals surface area contributed by atoms with Crippen LogP contribution in [0.1, 0.15) is 33.5 Å². The Hall–Kier alpha value is -3.54. The van der Waals surface area contributed by atoms with Gasteiger partial charge in [0.15, 0.2) is 0 Å². The second kappa shape index (κ2) is 8.00. The predicted molar refractivity (Wildman–Crippen MR) is 105 cm³/mol. The molecule has 0 saturated carbocycles. The van der Waals surface area contributed by atoms with E-state index in [4.69, 9.17) is 0 Å². The standard InChI is InChI=1S/C22H20N4O2/c27-21-6-4-18-12-19(3-5-20(18)25-21)22(28)26(14-16-7-10-23-11-8-16)15-17-2-1-9-24-13-17/h1-3,5,7-13H,4,6,14-15H2,(H,25,27). The lowest BCUT2D eigenvalue weighted by Crippen LogP contribution is -2.30. The van der Waals surface area contributed by atoms with Crippen molar-refractivity contribution in [1.29, 1.82) is 0 Å². The molecule has 0 bridgehead atoms. The van der Waals surface area contributed by atoms with Gasteiger partial charge in [0.25, 0.3) is 5.91 Å². The Morgan fingerprint density at radius 1 is 0.964 bits per heavy atom. The van der Waals surface area contributed by atoms with E-state index in [1.165, 1.54) is 0 Å². The van der Waals surface area contributed by atoms with Crippen molar-refractivity contribution in [2.45, 2.75) is 25.9 Å². The molecule has 2 amide bonds. The Morgan fingerprint density at radius 3 is 2.57 bits per heavy atom. The number of benzene rings is 1. The van der Waals surface area contributed by atoms with Gasteiger partial charge in [-0.15, -0.1) is 0 Å². The Labute approximate surface area is 163 Å². The van der Waals surface area contributed by atoms with Crippen LogP contribution in [0.15, 0.2) is 67.3 Å². The zero-order valence-electron chi connectivity index (χ0n) is 15.3. The molecule has 3 aromatic rings. The van der Waals surface area contributed by atoms with Gasteiger partial charge in [-0.05, 0) is 59.5 Å². The number of anilines is 1. The fourth-order valence-corrected chi connectivity index (χ4v) is 3.32. The van der Waals surface area contributed by atoms with Crippen molar-refractivity contribution in [3.8, 4) is 0 Å². The Morgan fingerprint density at radius 2 is 1.79 bits per heavy atom. The summed E-state index contributed by atoms with van der Waals surface area (Å²) < 4.78 is 0. The molecule has 1 aromatic carbocycles. The van der Waals surface area contributed by atoms with Gasteiger partial charge in [0.1, 0.15) is 0 Å². The van der Waals surface area contributed by atoms with E-state index in [0.29, 0.717) is 31.5 Å². The first-order valence-corrected chi connectivity index (χ1v) is 9.19. The van der Waals surface area contributed by atoms with Crippen LogP contribution in [0.3, 0.4) is 0 Å². The van der Waals surface area contributed by atoms with Crippen LogP contribution in [0.4, 0.5) is 5.69 Å². The average Bonchev–Trinajstić information content (AvgIpc) is 2.74. The minimum absolute atomic E-state index is 0.0162. The van der Waals surface area contributed by atoms with E-state index in [1.807, 2.05) is 36.4 Å². The van der Waals surface area contributed by atoms with Gasteiger partial charge >= 0.3 is 0 Å². The summed E-state index contributed by atoms with van der Waals surface area (Å²) in [6.45, 7) is 0.937. The first kappa shape index (κ1) is 17.9. The van der Waals surface area contributed by atoms with E-state index in [2.05, 4.69) is 15.3 Å². The Kier molecular flexibility index (Phi) is 5.10. The van der Waals surface area contributed by atoms with E-state index in [0.717, 1.165) is 22.4 Å². The number of aryl methyl sites for hydroxylation is 1. The number of nitrogens with zero attached hydrogens (tertiary/aromatic N) is 3. The van der Waals surface area contributed by atoms with Crippen LogP contribution < -0.4 is 5.32 Å². The summed E-state index contributed by atoms with van der Waals surface area (Å²) in [4.78, 5) is 34.9. The van der Waals surface area contributed by atoms with Crippen LogP contribution in [0.2, 0.25) is 0 Å². The monoisotopic (exact) mass is 372 g/mol. The third-order valence-electron chi connectivity index (χ3n) is 4.75. The lowest BCUT2D eigenvalue weighted by molar-refractivity contribution is -0.116. The van der Waals surface area contributed by atoms with Crippen LogP contribution in [0.25, 0.3) is 0 Å². The van der Waals surface area contributed by atoms with E-state index >= 15 is 0 Å². The van der Waals surface area contributed by atoms with Crippen molar-refractivity contribution >= 4 is 17.5 Å². The maximum absolute atomic E-state index is 13.3. The first-order valence-electron chi connectivity index (χ1n) is 9.19. The quantitative estimate of drug-likeness (QED) is 0.746. The summed E-state index contributed by atoms with van der Waals surface area (Å²) in [6.07, 6.45) is 8.04. The summed E-state index contributed by atoms with van der Waals surface area (Å²) >= 11 is 0. The summed E-state index contributed by atoms with van der Waals surface area (Å²) in [5.74, 6) is -0.0390. The summed E-state index contributed by atoms with van der Waals surface area (Å²) in [7, 11) is 0. The van der Waals surface area contributed by atoms with Crippen molar-refractivity contribution in [2.75, 3.05) is 5.32 Å². The van der Waals surface area contributed by atoms with E-state index in [9.17, 15) is 9.59 Å². The molecule has 6 nitrogen and oxygen atoms in total. The molecule has 0 atom stereocenters. The molecule has 1 aliphatic rings. The maximum Gasteiger partial charge on any atom is 0.254 e. The third kappa shape index (κ3) is 4.06. The molecular formula is C22H20N4O2. The number of hydrogen-bond donors (Lipinski definition) is 1.